The summed E-state index contributed by atoms with van der Waals surface area (Å²) in [6.45, 7) is 11.7. The van der Waals surface area contributed by atoms with E-state index in [1.165, 1.54) is 11.1 Å². The lowest BCUT2D eigenvalue weighted by Crippen LogP contribution is -2.32. The fourth-order valence-corrected chi connectivity index (χ4v) is 2.21. The molecule has 0 aliphatic carbocycles. The molecule has 1 atom stereocenters. The smallest absolute Gasteiger partial charge is 0.146 e. The average molecular weight is 314 g/mol. The fourth-order valence-electron chi connectivity index (χ4n) is 1.99. The van der Waals surface area contributed by atoms with E-state index in [0.717, 1.165) is 24.3 Å². The Bertz CT molecular complexity index is 391. The zero-order valence-electron chi connectivity index (χ0n) is 14.7. The molecule has 3 heteroatoms. The molecule has 0 radical (unpaired) electrons. The van der Waals surface area contributed by atoms with Crippen LogP contribution in [0.25, 0.3) is 0 Å². The van der Waals surface area contributed by atoms with Gasteiger partial charge in [0.15, 0.2) is 0 Å². The van der Waals surface area contributed by atoms with Gasteiger partial charge in [-0.05, 0) is 63.4 Å². The van der Waals surface area contributed by atoms with E-state index in [2.05, 4.69) is 18.3 Å². The van der Waals surface area contributed by atoms with E-state index in [4.69, 9.17) is 11.6 Å². The third-order valence-corrected chi connectivity index (χ3v) is 3.32. The molecule has 0 amide bonds. The number of ketones is 1. The van der Waals surface area contributed by atoms with Gasteiger partial charge >= 0.3 is 0 Å². The lowest BCUT2D eigenvalue weighted by Gasteiger charge is -2.13. The lowest BCUT2D eigenvalue weighted by atomic mass is 10.00. The Hall–Kier alpha value is -0.860. The second-order valence-corrected chi connectivity index (χ2v) is 4.85. The van der Waals surface area contributed by atoms with E-state index < -0.39 is 0 Å². The summed E-state index contributed by atoms with van der Waals surface area (Å²) in [6.07, 6.45) is 2.88. The molecule has 0 aliphatic rings. The second kappa shape index (κ2) is 14.1. The van der Waals surface area contributed by atoms with Crippen LogP contribution in [0.5, 0.6) is 0 Å². The molecule has 0 heterocycles. The maximum absolute atomic E-state index is 11.2. The van der Waals surface area contributed by atoms with Crippen molar-refractivity contribution in [2.24, 2.45) is 0 Å². The van der Waals surface area contributed by atoms with Crippen molar-refractivity contribution < 1.29 is 4.79 Å². The topological polar surface area (TPSA) is 29.1 Å². The molecule has 0 aliphatic heterocycles. The first-order valence-electron chi connectivity index (χ1n) is 7.97. The molecular weight excluding hydrogens is 282 g/mol. The Morgan fingerprint density at radius 2 is 1.81 bits per heavy atom. The third-order valence-electron chi connectivity index (χ3n) is 3.08. The first-order valence-corrected chi connectivity index (χ1v) is 8.35. The van der Waals surface area contributed by atoms with Gasteiger partial charge in [0, 0.05) is 5.02 Å². The predicted octanol–water partition coefficient (Wildman–Crippen LogP) is 5.20. The largest absolute Gasteiger partial charge is 0.311 e. The Labute approximate surface area is 136 Å². The summed E-state index contributed by atoms with van der Waals surface area (Å²) in [4.78, 5) is 11.2. The monoisotopic (exact) mass is 313 g/mol. The van der Waals surface area contributed by atoms with Crippen molar-refractivity contribution in [3.63, 3.8) is 0 Å². The summed E-state index contributed by atoms with van der Waals surface area (Å²) in [6, 6.07) is 5.96. The molecule has 0 saturated carbocycles. The van der Waals surface area contributed by atoms with Crippen molar-refractivity contribution in [3.05, 3.63) is 34.3 Å². The molecule has 21 heavy (non-hydrogen) atoms. The number of likely N-dealkylation sites (N-methyl/N-ethyl adjacent to an activating group) is 1. The van der Waals surface area contributed by atoms with Crippen molar-refractivity contribution in [2.45, 2.75) is 66.8 Å². The van der Waals surface area contributed by atoms with Crippen molar-refractivity contribution >= 4 is 17.4 Å². The molecule has 1 N–H and O–H groups in total. The summed E-state index contributed by atoms with van der Waals surface area (Å²) >= 11 is 5.91. The first kappa shape index (κ1) is 22.4. The Morgan fingerprint density at radius 3 is 2.24 bits per heavy atom. The van der Waals surface area contributed by atoms with Crippen molar-refractivity contribution in [2.75, 3.05) is 7.05 Å². The maximum Gasteiger partial charge on any atom is 0.146 e. The number of carbonyl (C=O) groups is 1. The molecule has 0 saturated heterocycles. The molecule has 0 fully saturated rings. The second-order valence-electron chi connectivity index (χ2n) is 4.41. The van der Waals surface area contributed by atoms with Gasteiger partial charge in [0.05, 0.1) is 6.04 Å². The minimum absolute atomic E-state index is 0.0115. The minimum atomic E-state index is -0.0115. The van der Waals surface area contributed by atoms with E-state index in [1.54, 1.807) is 6.92 Å². The number of aryl methyl sites for hydroxylation is 2. The van der Waals surface area contributed by atoms with Gasteiger partial charge in [-0.25, -0.2) is 0 Å². The van der Waals surface area contributed by atoms with Gasteiger partial charge in [-0.3, -0.25) is 4.79 Å². The number of hydrogen-bond acceptors (Lipinski definition) is 2. The van der Waals surface area contributed by atoms with Gasteiger partial charge in [-0.1, -0.05) is 45.4 Å². The molecule has 1 unspecified atom stereocenters. The summed E-state index contributed by atoms with van der Waals surface area (Å²) < 4.78 is 0. The molecule has 1 rings (SSSR count). The van der Waals surface area contributed by atoms with Gasteiger partial charge in [-0.15, -0.1) is 0 Å². The summed E-state index contributed by atoms with van der Waals surface area (Å²) in [7, 11) is 1.83. The van der Waals surface area contributed by atoms with Crippen LogP contribution in [0, 0.1) is 6.92 Å². The van der Waals surface area contributed by atoms with Gasteiger partial charge in [0.2, 0.25) is 0 Å². The average Bonchev–Trinajstić information content (AvgIpc) is 2.49. The number of Topliss-reactive ketones (excluding diaryl/α,β-unsaturated/α-hetero) is 1. The van der Waals surface area contributed by atoms with E-state index >= 15 is 0 Å². The lowest BCUT2D eigenvalue weighted by molar-refractivity contribution is -0.119. The highest BCUT2D eigenvalue weighted by Crippen LogP contribution is 2.17. The molecule has 0 bridgehead atoms. The zero-order valence-corrected chi connectivity index (χ0v) is 15.5. The SMILES string of the molecule is CC.CC.CNC(CCCc1ccc(Cl)cc1C)C(C)=O. The number of hydrogen-bond donors (Lipinski definition) is 1. The molecule has 1 aromatic rings. The van der Waals surface area contributed by atoms with Crippen LogP contribution in [0.2, 0.25) is 5.02 Å². The Kier molecular flexibility index (Phi) is 15.0. The van der Waals surface area contributed by atoms with Crippen LogP contribution in [0.4, 0.5) is 0 Å². The minimum Gasteiger partial charge on any atom is -0.311 e. The highest BCUT2D eigenvalue weighted by Gasteiger charge is 2.10. The molecule has 0 spiro atoms. The van der Waals surface area contributed by atoms with Crippen LogP contribution in [-0.4, -0.2) is 18.9 Å². The number of benzene rings is 1. The molecule has 122 valence electrons. The quantitative estimate of drug-likeness (QED) is 0.782. The van der Waals surface area contributed by atoms with Crippen LogP contribution in [-0.2, 0) is 11.2 Å². The van der Waals surface area contributed by atoms with E-state index in [9.17, 15) is 4.79 Å². The first-order chi connectivity index (χ1) is 10.0. The number of halogens is 1. The number of carbonyl (C=O) groups excluding carboxylic acids is 1. The fraction of sp³-hybridized carbons (Fsp3) is 0.611. The third kappa shape index (κ3) is 9.65. The molecule has 1 aromatic carbocycles. The van der Waals surface area contributed by atoms with E-state index in [1.807, 2.05) is 46.9 Å². The van der Waals surface area contributed by atoms with Crippen LogP contribution in [0.1, 0.15) is 58.6 Å². The predicted molar refractivity (Wildman–Crippen MR) is 95.4 cm³/mol. The Morgan fingerprint density at radius 1 is 1.24 bits per heavy atom. The number of rotatable bonds is 6. The van der Waals surface area contributed by atoms with E-state index in [0.29, 0.717) is 0 Å². The van der Waals surface area contributed by atoms with Gasteiger partial charge < -0.3 is 5.32 Å². The van der Waals surface area contributed by atoms with Gasteiger partial charge in [0.1, 0.15) is 5.78 Å². The normalized spacial score (nSPS) is 10.7. The molecule has 2 nitrogen and oxygen atoms in total. The highest BCUT2D eigenvalue weighted by molar-refractivity contribution is 6.30. The maximum atomic E-state index is 11.2. The summed E-state index contributed by atoms with van der Waals surface area (Å²) in [5.74, 6) is 0.209. The van der Waals surface area contributed by atoms with Gasteiger partial charge in [-0.2, -0.15) is 0 Å². The summed E-state index contributed by atoms with van der Waals surface area (Å²) in [5.41, 5.74) is 2.54. The zero-order chi connectivity index (χ0) is 16.8. The van der Waals surface area contributed by atoms with Crippen LogP contribution >= 0.6 is 11.6 Å². The van der Waals surface area contributed by atoms with Crippen molar-refractivity contribution in [1.82, 2.24) is 5.32 Å². The van der Waals surface area contributed by atoms with E-state index in [-0.39, 0.29) is 11.8 Å². The standard InChI is InChI=1S/C14H20ClNO.2C2H6/c1-10-9-13(15)8-7-12(10)5-4-6-14(16-3)11(2)17;2*1-2/h7-9,14,16H,4-6H2,1-3H3;2*1-2H3. The van der Waals surface area contributed by atoms with Crippen LogP contribution < -0.4 is 5.32 Å². The number of nitrogens with one attached hydrogen (secondary N) is 1. The van der Waals surface area contributed by atoms with Gasteiger partial charge in [0.25, 0.3) is 0 Å². The molecule has 0 aromatic heterocycles. The Balaban J connectivity index is 0. The van der Waals surface area contributed by atoms with Crippen LogP contribution in [0.15, 0.2) is 18.2 Å². The van der Waals surface area contributed by atoms with Crippen molar-refractivity contribution in [3.8, 4) is 0 Å². The highest BCUT2D eigenvalue weighted by atomic mass is 35.5. The van der Waals surface area contributed by atoms with Crippen molar-refractivity contribution in [1.29, 1.82) is 0 Å². The summed E-state index contributed by atoms with van der Waals surface area (Å²) in [5, 5.41) is 3.82. The van der Waals surface area contributed by atoms with Crippen LogP contribution in [0.3, 0.4) is 0 Å². The molecular formula is C18H32ClNO.